The molecule has 1 aromatic carbocycles. The highest BCUT2D eigenvalue weighted by Gasteiger charge is 2.20. The molecule has 2 rings (SSSR count). The molecule has 6 nitrogen and oxygen atoms in total. The van der Waals surface area contributed by atoms with Gasteiger partial charge in [0.25, 0.3) is 0 Å². The molecular weight excluding hydrogens is 365 g/mol. The van der Waals surface area contributed by atoms with Gasteiger partial charge in [0.15, 0.2) is 6.29 Å². The van der Waals surface area contributed by atoms with Gasteiger partial charge in [-0.3, -0.25) is 4.79 Å². The van der Waals surface area contributed by atoms with Gasteiger partial charge in [0.05, 0.1) is 24.3 Å². The molecule has 1 aromatic heterocycles. The summed E-state index contributed by atoms with van der Waals surface area (Å²) in [5.74, 6) is 1.07. The zero-order valence-electron chi connectivity index (χ0n) is 13.9. The maximum absolute atomic E-state index is 11.3. The second kappa shape index (κ2) is 8.09. The van der Waals surface area contributed by atoms with Crippen LogP contribution in [0.4, 0.5) is 5.82 Å². The minimum absolute atomic E-state index is 0.254. The van der Waals surface area contributed by atoms with E-state index < -0.39 is 0 Å². The predicted molar refractivity (Wildman–Crippen MR) is 101 cm³/mol. The van der Waals surface area contributed by atoms with Crippen molar-refractivity contribution in [1.29, 1.82) is 0 Å². The van der Waals surface area contributed by atoms with Gasteiger partial charge >= 0.3 is 0 Å². The Morgan fingerprint density at radius 3 is 2.24 bits per heavy atom. The van der Waals surface area contributed by atoms with Crippen LogP contribution in [0.2, 0.25) is 10.0 Å². The maximum atomic E-state index is 11.3. The molecule has 8 heteroatoms. The Labute approximate surface area is 155 Å². The summed E-state index contributed by atoms with van der Waals surface area (Å²) < 4.78 is 10.6. The van der Waals surface area contributed by atoms with Gasteiger partial charge in [0.1, 0.15) is 17.3 Å². The molecule has 25 heavy (non-hydrogen) atoms. The Morgan fingerprint density at radius 2 is 1.76 bits per heavy atom. The molecule has 0 amide bonds. The lowest BCUT2D eigenvalue weighted by Crippen LogP contribution is -2.08. The number of nitrogens with one attached hydrogen (secondary N) is 1. The fraction of sp³-hybridized carbons (Fsp3) is 0.176. The Kier molecular flexibility index (Phi) is 6.12. The molecule has 1 heterocycles. The molecule has 2 aromatic rings. The number of nitrogens with zero attached hydrogens (tertiary/aromatic N) is 1. The molecule has 132 valence electrons. The fourth-order valence-electron chi connectivity index (χ4n) is 2.27. The quantitative estimate of drug-likeness (QED) is 0.744. The molecule has 0 aliphatic carbocycles. The van der Waals surface area contributed by atoms with Crippen LogP contribution in [0, 0.1) is 0 Å². The Hall–Kier alpha value is -2.44. The number of rotatable bonds is 6. The molecule has 0 bridgehead atoms. The van der Waals surface area contributed by atoms with Crippen LogP contribution in [0.3, 0.4) is 0 Å². The minimum Gasteiger partial charge on any atom is -0.495 e. The van der Waals surface area contributed by atoms with Crippen LogP contribution in [-0.4, -0.2) is 32.5 Å². The number of anilines is 1. The third kappa shape index (κ3) is 3.81. The number of methoxy groups -OCH3 is 2. The fourth-order valence-corrected chi connectivity index (χ4v) is 2.97. The van der Waals surface area contributed by atoms with E-state index >= 15 is 0 Å². The summed E-state index contributed by atoms with van der Waals surface area (Å²) in [4.78, 5) is 15.3. The van der Waals surface area contributed by atoms with Crippen molar-refractivity contribution in [2.24, 2.45) is 0 Å². The average Bonchev–Trinajstić information content (AvgIpc) is 2.62. The van der Waals surface area contributed by atoms with Crippen LogP contribution in [0.1, 0.15) is 21.5 Å². The van der Waals surface area contributed by atoms with Crippen LogP contribution in [-0.2, 0) is 0 Å². The monoisotopic (exact) mass is 381 g/mol. The van der Waals surface area contributed by atoms with Gasteiger partial charge in [-0.15, -0.1) is 0 Å². The van der Waals surface area contributed by atoms with Gasteiger partial charge in [-0.1, -0.05) is 23.2 Å². The first-order valence-electron chi connectivity index (χ1n) is 7.17. The number of benzene rings is 1. The first kappa shape index (κ1) is 18.9. The Morgan fingerprint density at radius 1 is 1.16 bits per heavy atom. The van der Waals surface area contributed by atoms with E-state index in [-0.39, 0.29) is 5.82 Å². The third-order valence-electron chi connectivity index (χ3n) is 3.53. The largest absolute Gasteiger partial charge is 0.495 e. The van der Waals surface area contributed by atoms with Crippen molar-refractivity contribution >= 4 is 47.1 Å². The lowest BCUT2D eigenvalue weighted by molar-refractivity contribution is 0.112. The smallest absolute Gasteiger partial charge is 0.150 e. The van der Waals surface area contributed by atoms with Crippen molar-refractivity contribution in [2.45, 2.75) is 0 Å². The number of ether oxygens (including phenoxy) is 2. The van der Waals surface area contributed by atoms with Crippen molar-refractivity contribution in [3.05, 3.63) is 45.1 Å². The van der Waals surface area contributed by atoms with E-state index in [1.807, 2.05) is 0 Å². The number of aldehydes is 1. The van der Waals surface area contributed by atoms with E-state index in [4.69, 9.17) is 38.4 Å². The topological polar surface area (TPSA) is 86.5 Å². The lowest BCUT2D eigenvalue weighted by atomic mass is 10.1. The standard InChI is InChI=1S/C17H17Cl2N3O3/c1-21-11(4-9-7-22-14(20)5-10(9)8-23)15-16(18)12(24-2)6-13(25-3)17(15)19/h4-8,21H,1-3H3,(H2,20,22)/b11-4-. The van der Waals surface area contributed by atoms with E-state index in [0.717, 1.165) is 0 Å². The molecule has 0 radical (unpaired) electrons. The van der Waals surface area contributed by atoms with Crippen LogP contribution < -0.4 is 20.5 Å². The summed E-state index contributed by atoms with van der Waals surface area (Å²) in [6.07, 6.45) is 3.89. The van der Waals surface area contributed by atoms with Gasteiger partial charge in [-0.05, 0) is 12.1 Å². The molecular formula is C17H17Cl2N3O3. The first-order valence-corrected chi connectivity index (χ1v) is 7.92. The van der Waals surface area contributed by atoms with Crippen LogP contribution in [0.25, 0.3) is 11.8 Å². The molecule has 0 unspecified atom stereocenters. The van der Waals surface area contributed by atoms with Crippen molar-refractivity contribution in [3.8, 4) is 11.5 Å². The highest BCUT2D eigenvalue weighted by Crippen LogP contribution is 2.43. The molecule has 0 atom stereocenters. The number of aromatic nitrogens is 1. The number of hydrogen-bond donors (Lipinski definition) is 2. The van der Waals surface area contributed by atoms with Crippen molar-refractivity contribution in [1.82, 2.24) is 10.3 Å². The van der Waals surface area contributed by atoms with E-state index in [0.29, 0.717) is 50.2 Å². The van der Waals surface area contributed by atoms with Crippen molar-refractivity contribution in [2.75, 3.05) is 27.0 Å². The summed E-state index contributed by atoms with van der Waals surface area (Å²) in [6, 6.07) is 3.09. The number of carbonyl (C=O) groups is 1. The number of nitrogens with two attached hydrogens (primary N) is 1. The van der Waals surface area contributed by atoms with Crippen molar-refractivity contribution < 1.29 is 14.3 Å². The van der Waals surface area contributed by atoms with Crippen LogP contribution in [0.5, 0.6) is 11.5 Å². The highest BCUT2D eigenvalue weighted by atomic mass is 35.5. The summed E-state index contributed by atoms with van der Waals surface area (Å²) in [5.41, 5.74) is 7.61. The molecule has 0 aliphatic heterocycles. The second-order valence-corrected chi connectivity index (χ2v) is 5.70. The summed E-state index contributed by atoms with van der Waals surface area (Å²) in [6.45, 7) is 0. The SMILES string of the molecule is CN/C(=C\c1cnc(N)cc1C=O)c1c(Cl)c(OC)cc(OC)c1Cl. The number of halogens is 2. The van der Waals surface area contributed by atoms with E-state index in [2.05, 4.69) is 10.3 Å². The number of pyridine rings is 1. The molecule has 3 N–H and O–H groups in total. The third-order valence-corrected chi connectivity index (χ3v) is 4.28. The maximum Gasteiger partial charge on any atom is 0.150 e. The van der Waals surface area contributed by atoms with Gasteiger partial charge in [0.2, 0.25) is 0 Å². The van der Waals surface area contributed by atoms with E-state index in [1.54, 1.807) is 19.2 Å². The van der Waals surface area contributed by atoms with Gasteiger partial charge in [-0.2, -0.15) is 0 Å². The summed E-state index contributed by atoms with van der Waals surface area (Å²) in [7, 11) is 4.70. The normalized spacial score (nSPS) is 11.2. The highest BCUT2D eigenvalue weighted by molar-refractivity contribution is 6.39. The lowest BCUT2D eigenvalue weighted by Gasteiger charge is -2.17. The molecule has 0 fully saturated rings. The summed E-state index contributed by atoms with van der Waals surface area (Å²) in [5, 5.41) is 3.64. The summed E-state index contributed by atoms with van der Waals surface area (Å²) >= 11 is 12.9. The first-order chi connectivity index (χ1) is 12.0. The second-order valence-electron chi connectivity index (χ2n) is 4.95. The predicted octanol–water partition coefficient (Wildman–Crippen LogP) is 3.52. The Balaban J connectivity index is 2.72. The van der Waals surface area contributed by atoms with E-state index in [1.165, 1.54) is 26.5 Å². The van der Waals surface area contributed by atoms with Crippen LogP contribution in [0.15, 0.2) is 18.3 Å². The van der Waals surface area contributed by atoms with Gasteiger partial charge in [-0.25, -0.2) is 4.98 Å². The van der Waals surface area contributed by atoms with Crippen LogP contribution >= 0.6 is 23.2 Å². The van der Waals surface area contributed by atoms with E-state index in [9.17, 15) is 4.79 Å². The molecule has 0 saturated carbocycles. The van der Waals surface area contributed by atoms with Crippen molar-refractivity contribution in [3.63, 3.8) is 0 Å². The average molecular weight is 382 g/mol. The number of nitrogen functional groups attached to an aromatic ring is 1. The zero-order valence-corrected chi connectivity index (χ0v) is 15.4. The van der Waals surface area contributed by atoms with Gasteiger partial charge < -0.3 is 20.5 Å². The Bertz CT molecular complexity index is 810. The molecule has 0 saturated heterocycles. The number of hydrogen-bond acceptors (Lipinski definition) is 6. The van der Waals surface area contributed by atoms with Gasteiger partial charge in [0, 0.05) is 41.7 Å². The number of carbonyl (C=O) groups excluding carboxylic acids is 1. The molecule has 0 aliphatic rings. The zero-order chi connectivity index (χ0) is 18.6. The molecule has 0 spiro atoms. The minimum atomic E-state index is 0.254.